The lowest BCUT2D eigenvalue weighted by Gasteiger charge is -2.20. The van der Waals surface area contributed by atoms with E-state index in [2.05, 4.69) is 29.5 Å². The van der Waals surface area contributed by atoms with Crippen molar-refractivity contribution in [2.24, 2.45) is 0 Å². The standard InChI is InChI=1S/C13H25IO2/c1-4-6-7-8-9-10-11-13(3,14)12(15)16-5-2/h4-11H2,1-3H3. The molecular formula is C13H25IO2. The molecule has 0 saturated heterocycles. The molecule has 0 saturated carbocycles. The second-order valence-corrected chi connectivity index (χ2v) is 6.82. The molecule has 0 radical (unpaired) electrons. The second kappa shape index (κ2) is 9.25. The summed E-state index contributed by atoms with van der Waals surface area (Å²) >= 11 is 2.22. The first-order chi connectivity index (χ1) is 7.54. The van der Waals surface area contributed by atoms with Crippen LogP contribution in [-0.4, -0.2) is 16.0 Å². The van der Waals surface area contributed by atoms with E-state index in [0.717, 1.165) is 12.8 Å². The molecule has 16 heavy (non-hydrogen) atoms. The average molecular weight is 340 g/mol. The zero-order chi connectivity index (χ0) is 12.4. The number of carbonyl (C=O) groups is 1. The van der Waals surface area contributed by atoms with Crippen LogP contribution in [0.1, 0.15) is 65.7 Å². The largest absolute Gasteiger partial charge is 0.465 e. The van der Waals surface area contributed by atoms with Crippen molar-refractivity contribution < 1.29 is 9.53 Å². The molecule has 0 N–H and O–H groups in total. The van der Waals surface area contributed by atoms with E-state index in [-0.39, 0.29) is 9.39 Å². The topological polar surface area (TPSA) is 26.3 Å². The summed E-state index contributed by atoms with van der Waals surface area (Å²) in [6.07, 6.45) is 8.53. The number of hydrogen-bond donors (Lipinski definition) is 0. The van der Waals surface area contributed by atoms with Gasteiger partial charge in [0.25, 0.3) is 0 Å². The summed E-state index contributed by atoms with van der Waals surface area (Å²) in [5, 5.41) is 0. The van der Waals surface area contributed by atoms with Crippen LogP contribution in [0.5, 0.6) is 0 Å². The van der Waals surface area contributed by atoms with Crippen molar-refractivity contribution in [1.82, 2.24) is 0 Å². The van der Waals surface area contributed by atoms with Gasteiger partial charge in [-0.3, -0.25) is 4.79 Å². The minimum absolute atomic E-state index is 0.0656. The van der Waals surface area contributed by atoms with Crippen molar-refractivity contribution in [3.63, 3.8) is 0 Å². The van der Waals surface area contributed by atoms with E-state index < -0.39 is 0 Å². The molecule has 0 aliphatic heterocycles. The Bertz CT molecular complexity index is 190. The zero-order valence-electron chi connectivity index (χ0n) is 10.9. The molecule has 0 aromatic heterocycles. The molecule has 1 unspecified atom stereocenters. The number of alkyl halides is 1. The predicted octanol–water partition coefficient (Wildman–Crippen LogP) is 4.49. The molecule has 0 amide bonds. The Kier molecular flexibility index (Phi) is 9.37. The van der Waals surface area contributed by atoms with Gasteiger partial charge in [0.15, 0.2) is 0 Å². The van der Waals surface area contributed by atoms with Gasteiger partial charge in [0.1, 0.15) is 3.42 Å². The fourth-order valence-corrected chi connectivity index (χ4v) is 2.16. The third-order valence-electron chi connectivity index (χ3n) is 2.70. The highest BCUT2D eigenvalue weighted by molar-refractivity contribution is 14.1. The minimum Gasteiger partial charge on any atom is -0.465 e. The van der Waals surface area contributed by atoms with Crippen molar-refractivity contribution in [3.05, 3.63) is 0 Å². The van der Waals surface area contributed by atoms with Crippen molar-refractivity contribution in [2.45, 2.75) is 69.1 Å². The van der Waals surface area contributed by atoms with Gasteiger partial charge in [-0.05, 0) is 20.3 Å². The summed E-state index contributed by atoms with van der Waals surface area (Å²) in [4.78, 5) is 11.6. The molecule has 0 aliphatic rings. The van der Waals surface area contributed by atoms with Crippen LogP contribution >= 0.6 is 22.6 Å². The Morgan fingerprint density at radius 2 is 1.69 bits per heavy atom. The molecule has 0 spiro atoms. The molecule has 0 rings (SSSR count). The number of rotatable bonds is 9. The highest BCUT2D eigenvalue weighted by Crippen LogP contribution is 2.27. The van der Waals surface area contributed by atoms with E-state index >= 15 is 0 Å². The van der Waals surface area contributed by atoms with E-state index in [9.17, 15) is 4.79 Å². The molecule has 0 fully saturated rings. The molecule has 0 aromatic carbocycles. The molecule has 2 nitrogen and oxygen atoms in total. The van der Waals surface area contributed by atoms with Crippen LogP contribution in [0, 0.1) is 0 Å². The average Bonchev–Trinajstić information content (AvgIpc) is 2.23. The van der Waals surface area contributed by atoms with Crippen molar-refractivity contribution >= 4 is 28.6 Å². The predicted molar refractivity (Wildman–Crippen MR) is 77.1 cm³/mol. The molecule has 96 valence electrons. The van der Waals surface area contributed by atoms with Crippen LogP contribution in [0.2, 0.25) is 0 Å². The summed E-state index contributed by atoms with van der Waals surface area (Å²) in [6.45, 7) is 6.53. The molecule has 0 aliphatic carbocycles. The van der Waals surface area contributed by atoms with Crippen molar-refractivity contribution in [3.8, 4) is 0 Å². The third-order valence-corrected chi connectivity index (χ3v) is 3.68. The highest BCUT2D eigenvalue weighted by Gasteiger charge is 2.30. The summed E-state index contributed by atoms with van der Waals surface area (Å²) in [7, 11) is 0. The summed E-state index contributed by atoms with van der Waals surface area (Å²) in [5.74, 6) is -0.0656. The lowest BCUT2D eigenvalue weighted by atomic mass is 10.0. The van der Waals surface area contributed by atoms with Gasteiger partial charge in [0, 0.05) is 0 Å². The zero-order valence-corrected chi connectivity index (χ0v) is 13.0. The SMILES string of the molecule is CCCCCCCCC(C)(I)C(=O)OCC. The molecular weight excluding hydrogens is 315 g/mol. The Hall–Kier alpha value is 0.200. The smallest absolute Gasteiger partial charge is 0.321 e. The second-order valence-electron chi connectivity index (χ2n) is 4.44. The number of carbonyl (C=O) groups excluding carboxylic acids is 1. The van der Waals surface area contributed by atoms with Crippen LogP contribution in [0.4, 0.5) is 0 Å². The van der Waals surface area contributed by atoms with E-state index in [1.54, 1.807) is 0 Å². The molecule has 3 heteroatoms. The summed E-state index contributed by atoms with van der Waals surface area (Å²) in [5.41, 5.74) is 0. The third kappa shape index (κ3) is 7.47. The first kappa shape index (κ1) is 16.2. The summed E-state index contributed by atoms with van der Waals surface area (Å²) < 4.78 is 4.72. The monoisotopic (exact) mass is 340 g/mol. The fraction of sp³-hybridized carbons (Fsp3) is 0.923. The lowest BCUT2D eigenvalue weighted by molar-refractivity contribution is -0.145. The number of halogens is 1. The summed E-state index contributed by atoms with van der Waals surface area (Å²) in [6, 6.07) is 0. The molecule has 0 aromatic rings. The van der Waals surface area contributed by atoms with E-state index in [0.29, 0.717) is 6.61 Å². The van der Waals surface area contributed by atoms with E-state index in [4.69, 9.17) is 4.74 Å². The van der Waals surface area contributed by atoms with Crippen LogP contribution in [0.15, 0.2) is 0 Å². The fourth-order valence-electron chi connectivity index (χ4n) is 1.62. The Morgan fingerprint density at radius 3 is 2.25 bits per heavy atom. The first-order valence-corrected chi connectivity index (χ1v) is 7.48. The maximum Gasteiger partial charge on any atom is 0.321 e. The van der Waals surface area contributed by atoms with Crippen molar-refractivity contribution in [2.75, 3.05) is 6.61 Å². The van der Waals surface area contributed by atoms with Gasteiger partial charge >= 0.3 is 5.97 Å². The number of esters is 1. The van der Waals surface area contributed by atoms with Crippen LogP contribution in [-0.2, 0) is 9.53 Å². The number of ether oxygens (including phenoxy) is 1. The lowest BCUT2D eigenvalue weighted by Crippen LogP contribution is -2.30. The van der Waals surface area contributed by atoms with Gasteiger partial charge in [-0.2, -0.15) is 0 Å². The number of unbranched alkanes of at least 4 members (excludes halogenated alkanes) is 5. The van der Waals surface area contributed by atoms with Gasteiger partial charge < -0.3 is 4.74 Å². The van der Waals surface area contributed by atoms with Gasteiger partial charge in [0.2, 0.25) is 0 Å². The molecule has 0 bridgehead atoms. The Labute approximate surface area is 114 Å². The van der Waals surface area contributed by atoms with Crippen LogP contribution in [0.25, 0.3) is 0 Å². The van der Waals surface area contributed by atoms with E-state index in [1.807, 2.05) is 13.8 Å². The maximum absolute atomic E-state index is 11.6. The Morgan fingerprint density at radius 1 is 1.12 bits per heavy atom. The van der Waals surface area contributed by atoms with Crippen LogP contribution in [0.3, 0.4) is 0 Å². The van der Waals surface area contributed by atoms with Crippen molar-refractivity contribution in [1.29, 1.82) is 0 Å². The normalized spacial score (nSPS) is 14.5. The first-order valence-electron chi connectivity index (χ1n) is 6.40. The Balaban J connectivity index is 3.61. The molecule has 0 heterocycles. The van der Waals surface area contributed by atoms with Gasteiger partial charge in [-0.25, -0.2) is 0 Å². The minimum atomic E-state index is -0.335. The van der Waals surface area contributed by atoms with Gasteiger partial charge in [0.05, 0.1) is 6.61 Å². The van der Waals surface area contributed by atoms with Gasteiger partial charge in [-0.15, -0.1) is 0 Å². The van der Waals surface area contributed by atoms with Gasteiger partial charge in [-0.1, -0.05) is 68.0 Å². The molecule has 1 atom stereocenters. The van der Waals surface area contributed by atoms with Crippen LogP contribution < -0.4 is 0 Å². The maximum atomic E-state index is 11.6. The number of hydrogen-bond acceptors (Lipinski definition) is 2. The van der Waals surface area contributed by atoms with E-state index in [1.165, 1.54) is 32.1 Å². The quantitative estimate of drug-likeness (QED) is 0.267. The highest BCUT2D eigenvalue weighted by atomic mass is 127.